The number of aliphatic hydroxyl groups excluding tert-OH is 1. The maximum atomic E-state index is 14.5. The highest BCUT2D eigenvalue weighted by atomic mass is 32.1. The van der Waals surface area contributed by atoms with Crippen LogP contribution in [0.5, 0.6) is 0 Å². The van der Waals surface area contributed by atoms with Gasteiger partial charge in [-0.25, -0.2) is 14.6 Å². The maximum absolute atomic E-state index is 14.5. The van der Waals surface area contributed by atoms with Crippen molar-refractivity contribution in [3.8, 4) is 0 Å². The third kappa shape index (κ3) is 12.2. The number of aromatic nitrogens is 2. The predicted molar refractivity (Wildman–Crippen MR) is 197 cm³/mol. The second-order valence-electron chi connectivity index (χ2n) is 12.0. The summed E-state index contributed by atoms with van der Waals surface area (Å²) in [6.07, 6.45) is -0.972. The zero-order valence-electron chi connectivity index (χ0n) is 36.1. The van der Waals surface area contributed by atoms with Crippen LogP contribution in [0.15, 0.2) is 77.8 Å². The summed E-state index contributed by atoms with van der Waals surface area (Å²) in [5.74, 6) is -5.43. The first-order chi connectivity index (χ1) is 27.1. The van der Waals surface area contributed by atoms with Gasteiger partial charge in [0.1, 0.15) is 12.6 Å². The molecule has 50 heavy (non-hydrogen) atoms. The first-order valence-electron chi connectivity index (χ1n) is 20.0. The van der Waals surface area contributed by atoms with E-state index in [1.54, 1.807) is 77.8 Å². The standard InChI is InChI=1S/C37H48N6O5S2/c1-24(2)33(42-36(46)43(5)20-29-22-49-35(40-29)25(3)4)34(45)39-28(16-26-12-8-6-9-13-26)18-32(44)31(17-27-14-10-7-11-15-27)41-37(47)48-21-30-19-38-23-50-30/h6-15,19,22-25,28,31-33,44H,16-18,20-21H2,1-5H3,(H,39,45)(H,41,47)(H,42,46)/t28-,31-,32-,33+/m0/s1/i1D3,2D3,24D,33D. The van der Waals surface area contributed by atoms with Gasteiger partial charge in [-0.15, -0.1) is 22.7 Å². The lowest BCUT2D eigenvalue weighted by molar-refractivity contribution is -0.124. The molecular formula is C37H48N6O5S2. The van der Waals surface area contributed by atoms with Crippen LogP contribution in [-0.4, -0.2) is 69.3 Å². The molecule has 4 N–H and O–H groups in total. The largest absolute Gasteiger partial charge is 0.444 e. The van der Waals surface area contributed by atoms with E-state index in [9.17, 15) is 20.9 Å². The van der Waals surface area contributed by atoms with Crippen molar-refractivity contribution in [1.29, 1.82) is 0 Å². The smallest absolute Gasteiger partial charge is 0.407 e. The summed E-state index contributed by atoms with van der Waals surface area (Å²) in [7, 11) is 1.29. The number of hydrogen-bond acceptors (Lipinski definition) is 9. The number of carbonyl (C=O) groups is 3. The minimum Gasteiger partial charge on any atom is -0.444 e. The molecule has 0 unspecified atom stereocenters. The van der Waals surface area contributed by atoms with E-state index in [1.807, 2.05) is 19.2 Å². The lowest BCUT2D eigenvalue weighted by Crippen LogP contribution is -2.55. The second-order valence-corrected chi connectivity index (χ2v) is 13.9. The Balaban J connectivity index is 1.68. The molecule has 4 atom stereocenters. The highest BCUT2D eigenvalue weighted by Gasteiger charge is 2.31. The van der Waals surface area contributed by atoms with Crippen LogP contribution in [0.4, 0.5) is 9.59 Å². The van der Waals surface area contributed by atoms with Crippen LogP contribution in [0.2, 0.25) is 0 Å². The number of hydrogen-bond donors (Lipinski definition) is 4. The van der Waals surface area contributed by atoms with E-state index in [-0.39, 0.29) is 38.3 Å². The van der Waals surface area contributed by atoms with Gasteiger partial charge in [-0.1, -0.05) is 88.2 Å². The minimum absolute atomic E-state index is 0.0317. The number of nitrogens with zero attached hydrogens (tertiary/aromatic N) is 3. The number of alkyl carbamates (subject to hydrolysis) is 1. The van der Waals surface area contributed by atoms with E-state index in [4.69, 9.17) is 14.3 Å². The van der Waals surface area contributed by atoms with Gasteiger partial charge >= 0.3 is 12.1 Å². The first-order valence-corrected chi connectivity index (χ1v) is 17.8. The van der Waals surface area contributed by atoms with Gasteiger partial charge in [0.15, 0.2) is 0 Å². The third-order valence-electron chi connectivity index (χ3n) is 7.60. The number of urea groups is 1. The van der Waals surface area contributed by atoms with Crippen molar-refractivity contribution in [3.63, 3.8) is 0 Å². The zero-order chi connectivity index (χ0) is 42.9. The fourth-order valence-corrected chi connectivity index (χ4v) is 6.34. The van der Waals surface area contributed by atoms with Gasteiger partial charge in [0.25, 0.3) is 0 Å². The Bertz CT molecular complexity index is 1920. The number of thiazole rings is 2. The topological polar surface area (TPSA) is 146 Å². The maximum Gasteiger partial charge on any atom is 0.407 e. The molecule has 0 aliphatic carbocycles. The number of benzene rings is 2. The van der Waals surface area contributed by atoms with E-state index in [0.29, 0.717) is 16.1 Å². The van der Waals surface area contributed by atoms with Crippen LogP contribution in [0, 0.1) is 5.89 Å². The molecule has 0 spiro atoms. The number of rotatable bonds is 17. The average molecular weight is 729 g/mol. The Morgan fingerprint density at radius 2 is 1.66 bits per heavy atom. The molecule has 11 nitrogen and oxygen atoms in total. The van der Waals surface area contributed by atoms with E-state index >= 15 is 0 Å². The van der Waals surface area contributed by atoms with Crippen molar-refractivity contribution in [1.82, 2.24) is 30.8 Å². The van der Waals surface area contributed by atoms with E-state index < -0.39 is 61.8 Å². The molecule has 4 rings (SSSR count). The summed E-state index contributed by atoms with van der Waals surface area (Å²) < 4.78 is 72.6. The zero-order valence-corrected chi connectivity index (χ0v) is 29.7. The Morgan fingerprint density at radius 3 is 2.26 bits per heavy atom. The number of aliphatic hydroxyl groups is 1. The van der Waals surface area contributed by atoms with Crippen molar-refractivity contribution in [3.05, 3.63) is 104 Å². The Labute approximate surface area is 313 Å². The highest BCUT2D eigenvalue weighted by molar-refractivity contribution is 7.09. The molecule has 13 heteroatoms. The van der Waals surface area contributed by atoms with Gasteiger partial charge in [-0.3, -0.25) is 9.78 Å². The number of carbonyl (C=O) groups excluding carboxylic acids is 3. The summed E-state index contributed by atoms with van der Waals surface area (Å²) in [5, 5.41) is 21.5. The molecule has 0 bridgehead atoms. The highest BCUT2D eigenvalue weighted by Crippen LogP contribution is 2.20. The fourth-order valence-electron chi connectivity index (χ4n) is 5.01. The molecule has 4 amide bonds. The lowest BCUT2D eigenvalue weighted by atomic mass is 9.93. The molecule has 0 radical (unpaired) electrons. The predicted octanol–water partition coefficient (Wildman–Crippen LogP) is 5.91. The Hall–Kier alpha value is -4.33. The van der Waals surface area contributed by atoms with Gasteiger partial charge < -0.3 is 30.7 Å². The molecule has 2 heterocycles. The molecule has 0 aliphatic rings. The van der Waals surface area contributed by atoms with Crippen LogP contribution >= 0.6 is 22.7 Å². The summed E-state index contributed by atoms with van der Waals surface area (Å²) >= 11 is 2.64. The van der Waals surface area contributed by atoms with Crippen LogP contribution in [0.3, 0.4) is 0 Å². The van der Waals surface area contributed by atoms with E-state index in [1.165, 1.54) is 29.7 Å². The SMILES string of the molecule is [2H]C([2H])([2H])C([2H])(C([2H])([2H])[2H])[C@@]([2H])(NC(=O)N(C)Cc1csc(C(C)C)n1)C(=O)N[C@@H](Cc1ccccc1)C[C@H](O)[C@H](Cc1ccccc1)NC(=O)OCc1cncs1. The van der Waals surface area contributed by atoms with Crippen molar-refractivity contribution in [2.75, 3.05) is 7.05 Å². The number of amides is 4. The quantitative estimate of drug-likeness (QED) is 0.106. The fraction of sp³-hybridized carbons (Fsp3) is 0.432. The number of ether oxygens (including phenoxy) is 1. The summed E-state index contributed by atoms with van der Waals surface area (Å²) in [4.78, 5) is 51.3. The summed E-state index contributed by atoms with van der Waals surface area (Å²) in [6, 6.07) is 10.5. The Kier molecular flexibility index (Phi) is 10.9. The van der Waals surface area contributed by atoms with Crippen molar-refractivity contribution in [2.24, 2.45) is 5.89 Å². The lowest BCUT2D eigenvalue weighted by Gasteiger charge is -2.30. The van der Waals surface area contributed by atoms with Crippen LogP contribution in [0.25, 0.3) is 0 Å². The molecule has 0 fully saturated rings. The second kappa shape index (κ2) is 19.2. The molecule has 2 aromatic heterocycles. The normalized spacial score (nSPS) is 17.4. The first kappa shape index (κ1) is 28.4. The monoisotopic (exact) mass is 728 g/mol. The molecular weight excluding hydrogens is 673 g/mol. The molecule has 0 saturated heterocycles. The molecule has 0 aliphatic heterocycles. The van der Waals surface area contributed by atoms with E-state index in [2.05, 4.69) is 20.6 Å². The molecule has 2 aromatic carbocycles. The van der Waals surface area contributed by atoms with Crippen molar-refractivity contribution in [2.45, 2.75) is 90.1 Å². The molecule has 4 aromatic rings. The van der Waals surface area contributed by atoms with Crippen LogP contribution in [-0.2, 0) is 35.5 Å². The molecule has 268 valence electrons. The number of nitrogens with one attached hydrogen (secondary N) is 3. The van der Waals surface area contributed by atoms with E-state index in [0.717, 1.165) is 15.5 Å². The molecule has 0 saturated carbocycles. The third-order valence-corrected chi connectivity index (χ3v) is 9.55. The van der Waals surface area contributed by atoms with Gasteiger partial charge in [0.2, 0.25) is 5.91 Å². The Morgan fingerprint density at radius 1 is 0.980 bits per heavy atom. The van der Waals surface area contributed by atoms with Crippen LogP contribution < -0.4 is 16.0 Å². The van der Waals surface area contributed by atoms with Crippen LogP contribution in [0.1, 0.15) is 77.6 Å². The average Bonchev–Trinajstić information content (AvgIpc) is 3.86. The minimum atomic E-state index is -3.91. The van der Waals surface area contributed by atoms with Crippen molar-refractivity contribution >= 4 is 40.7 Å². The summed E-state index contributed by atoms with van der Waals surface area (Å²) in [5.41, 5.74) is 3.41. The van der Waals surface area contributed by atoms with Gasteiger partial charge in [-0.05, 0) is 36.3 Å². The summed E-state index contributed by atoms with van der Waals surface area (Å²) in [6.45, 7) is -3.98. The van der Waals surface area contributed by atoms with Gasteiger partial charge in [0.05, 0.1) is 41.2 Å². The van der Waals surface area contributed by atoms with Crippen molar-refractivity contribution < 1.29 is 35.2 Å². The van der Waals surface area contributed by atoms with Gasteiger partial charge in [0, 0.05) is 40.2 Å². The van der Waals surface area contributed by atoms with Gasteiger partial charge in [-0.2, -0.15) is 0 Å².